The first kappa shape index (κ1) is 9.80. The van der Waals surface area contributed by atoms with Crippen molar-refractivity contribution < 1.29 is 9.47 Å². The lowest BCUT2D eigenvalue weighted by molar-refractivity contribution is 0.377. The Labute approximate surface area is 77.7 Å². The third-order valence-corrected chi connectivity index (χ3v) is 1.81. The highest BCUT2D eigenvalue weighted by molar-refractivity contribution is 5.43. The van der Waals surface area contributed by atoms with Crippen molar-refractivity contribution in [3.63, 3.8) is 0 Å². The molecule has 0 saturated heterocycles. The van der Waals surface area contributed by atoms with Gasteiger partial charge in [0.25, 0.3) is 0 Å². The highest BCUT2D eigenvalue weighted by Crippen LogP contribution is 2.31. The van der Waals surface area contributed by atoms with Gasteiger partial charge in [0.2, 0.25) is 0 Å². The summed E-state index contributed by atoms with van der Waals surface area (Å²) in [5.74, 6) is 1.32. The summed E-state index contributed by atoms with van der Waals surface area (Å²) in [6.45, 7) is 1.88. The first-order valence-corrected chi connectivity index (χ1v) is 4.02. The molecule has 0 aliphatic carbocycles. The number of hydrogen-bond donors (Lipinski definition) is 1. The van der Waals surface area contributed by atoms with E-state index >= 15 is 0 Å². The van der Waals surface area contributed by atoms with E-state index in [2.05, 4.69) is 4.98 Å². The van der Waals surface area contributed by atoms with E-state index in [1.807, 2.05) is 6.92 Å². The van der Waals surface area contributed by atoms with Gasteiger partial charge in [0.15, 0.2) is 0 Å². The summed E-state index contributed by atoms with van der Waals surface area (Å²) in [5.41, 5.74) is 6.63. The number of aromatic nitrogens is 1. The first-order valence-electron chi connectivity index (χ1n) is 4.02. The molecule has 0 radical (unpaired) electrons. The molecule has 1 rings (SSSR count). The van der Waals surface area contributed by atoms with E-state index < -0.39 is 0 Å². The van der Waals surface area contributed by atoms with Gasteiger partial charge in [-0.05, 0) is 6.92 Å². The van der Waals surface area contributed by atoms with Crippen LogP contribution in [0.2, 0.25) is 0 Å². The predicted molar refractivity (Wildman–Crippen MR) is 49.9 cm³/mol. The van der Waals surface area contributed by atoms with Crippen LogP contribution in [-0.4, -0.2) is 19.2 Å². The van der Waals surface area contributed by atoms with E-state index in [1.165, 1.54) is 0 Å². The molecule has 4 nitrogen and oxygen atoms in total. The number of pyridine rings is 1. The van der Waals surface area contributed by atoms with Crippen molar-refractivity contribution in [2.24, 2.45) is 5.73 Å². The number of rotatable bonds is 3. The fraction of sp³-hybridized carbons (Fsp3) is 0.444. The first-order chi connectivity index (χ1) is 6.20. The lowest BCUT2D eigenvalue weighted by Gasteiger charge is -2.14. The monoisotopic (exact) mass is 182 g/mol. The summed E-state index contributed by atoms with van der Waals surface area (Å²) in [5, 5.41) is 0. The van der Waals surface area contributed by atoms with Gasteiger partial charge >= 0.3 is 0 Å². The third-order valence-electron chi connectivity index (χ3n) is 1.81. The minimum Gasteiger partial charge on any atom is -0.495 e. The number of methoxy groups -OCH3 is 2. The maximum Gasteiger partial charge on any atom is 0.145 e. The van der Waals surface area contributed by atoms with Gasteiger partial charge in [0, 0.05) is 6.04 Å². The summed E-state index contributed by atoms with van der Waals surface area (Å²) in [4.78, 5) is 3.96. The van der Waals surface area contributed by atoms with E-state index in [9.17, 15) is 0 Å². The highest BCUT2D eigenvalue weighted by atomic mass is 16.5. The summed E-state index contributed by atoms with van der Waals surface area (Å²) < 4.78 is 10.3. The molecular weight excluding hydrogens is 168 g/mol. The number of nitrogens with zero attached hydrogens (tertiary/aromatic N) is 1. The molecule has 0 saturated carbocycles. The van der Waals surface area contributed by atoms with E-state index in [4.69, 9.17) is 15.2 Å². The normalized spacial score (nSPS) is 12.3. The number of nitrogens with two attached hydrogens (primary N) is 1. The van der Waals surface area contributed by atoms with Crippen molar-refractivity contribution in [2.45, 2.75) is 13.0 Å². The summed E-state index contributed by atoms with van der Waals surface area (Å²) >= 11 is 0. The second-order valence-corrected chi connectivity index (χ2v) is 2.75. The lowest BCUT2D eigenvalue weighted by atomic mass is 10.1. The average Bonchev–Trinajstić information content (AvgIpc) is 2.16. The van der Waals surface area contributed by atoms with E-state index in [0.29, 0.717) is 11.5 Å². The van der Waals surface area contributed by atoms with Crippen LogP contribution in [0.3, 0.4) is 0 Å². The zero-order valence-corrected chi connectivity index (χ0v) is 8.07. The molecule has 0 aromatic carbocycles. The molecule has 1 aromatic heterocycles. The molecule has 4 heteroatoms. The largest absolute Gasteiger partial charge is 0.495 e. The summed E-state index contributed by atoms with van der Waals surface area (Å²) in [6.07, 6.45) is 3.25. The zero-order valence-electron chi connectivity index (χ0n) is 8.07. The minimum absolute atomic E-state index is 0.132. The van der Waals surface area contributed by atoms with Gasteiger partial charge in [-0.1, -0.05) is 0 Å². The van der Waals surface area contributed by atoms with Gasteiger partial charge in [0.1, 0.15) is 11.5 Å². The van der Waals surface area contributed by atoms with Gasteiger partial charge < -0.3 is 15.2 Å². The second kappa shape index (κ2) is 4.09. The molecule has 0 bridgehead atoms. The Kier molecular flexibility index (Phi) is 3.08. The molecule has 0 aliphatic heterocycles. The van der Waals surface area contributed by atoms with Crippen LogP contribution < -0.4 is 15.2 Å². The van der Waals surface area contributed by atoms with Crippen LogP contribution in [0.25, 0.3) is 0 Å². The molecule has 1 heterocycles. The SMILES string of the molecule is COc1cncc(OC)c1C(C)N. The molecule has 0 aliphatic rings. The Morgan fingerprint density at radius 3 is 2.00 bits per heavy atom. The fourth-order valence-corrected chi connectivity index (χ4v) is 1.21. The Balaban J connectivity index is 3.21. The molecule has 1 aromatic rings. The average molecular weight is 182 g/mol. The van der Waals surface area contributed by atoms with Crippen molar-refractivity contribution in [3.05, 3.63) is 18.0 Å². The van der Waals surface area contributed by atoms with Gasteiger partial charge in [0.05, 0.1) is 32.2 Å². The Hall–Kier alpha value is -1.29. The predicted octanol–water partition coefficient (Wildman–Crippen LogP) is 1.12. The van der Waals surface area contributed by atoms with Crippen LogP contribution in [0.4, 0.5) is 0 Å². The molecule has 13 heavy (non-hydrogen) atoms. The Bertz CT molecular complexity index is 265. The van der Waals surface area contributed by atoms with Crippen molar-refractivity contribution in [2.75, 3.05) is 14.2 Å². The summed E-state index contributed by atoms with van der Waals surface area (Å²) in [6, 6.07) is -0.132. The van der Waals surface area contributed by atoms with E-state index in [-0.39, 0.29) is 6.04 Å². The lowest BCUT2D eigenvalue weighted by Crippen LogP contribution is -2.09. The number of hydrogen-bond acceptors (Lipinski definition) is 4. The zero-order chi connectivity index (χ0) is 9.84. The Morgan fingerprint density at radius 2 is 1.69 bits per heavy atom. The molecule has 0 fully saturated rings. The van der Waals surface area contributed by atoms with Gasteiger partial charge in [-0.2, -0.15) is 0 Å². The second-order valence-electron chi connectivity index (χ2n) is 2.75. The standard InChI is InChI=1S/C9H14N2O2/c1-6(10)9-7(12-2)4-11-5-8(9)13-3/h4-6H,10H2,1-3H3. The van der Waals surface area contributed by atoms with E-state index in [0.717, 1.165) is 5.56 Å². The van der Waals surface area contributed by atoms with Crippen molar-refractivity contribution in [3.8, 4) is 11.5 Å². The van der Waals surface area contributed by atoms with Crippen LogP contribution in [0.5, 0.6) is 11.5 Å². The van der Waals surface area contributed by atoms with Crippen LogP contribution in [-0.2, 0) is 0 Å². The molecular formula is C9H14N2O2. The van der Waals surface area contributed by atoms with Crippen molar-refractivity contribution in [1.82, 2.24) is 4.98 Å². The van der Waals surface area contributed by atoms with Crippen LogP contribution >= 0.6 is 0 Å². The molecule has 2 N–H and O–H groups in total. The number of ether oxygens (including phenoxy) is 2. The van der Waals surface area contributed by atoms with Crippen LogP contribution in [0.1, 0.15) is 18.5 Å². The van der Waals surface area contributed by atoms with Gasteiger partial charge in [-0.25, -0.2) is 0 Å². The topological polar surface area (TPSA) is 57.4 Å². The molecule has 1 unspecified atom stereocenters. The van der Waals surface area contributed by atoms with Gasteiger partial charge in [-0.3, -0.25) is 4.98 Å². The molecule has 0 spiro atoms. The highest BCUT2D eigenvalue weighted by Gasteiger charge is 2.13. The van der Waals surface area contributed by atoms with Crippen LogP contribution in [0.15, 0.2) is 12.4 Å². The van der Waals surface area contributed by atoms with E-state index in [1.54, 1.807) is 26.6 Å². The smallest absolute Gasteiger partial charge is 0.145 e. The quantitative estimate of drug-likeness (QED) is 0.761. The summed E-state index contributed by atoms with van der Waals surface area (Å²) in [7, 11) is 3.17. The van der Waals surface area contributed by atoms with Crippen LogP contribution in [0, 0.1) is 0 Å². The van der Waals surface area contributed by atoms with Gasteiger partial charge in [-0.15, -0.1) is 0 Å². The fourth-order valence-electron chi connectivity index (χ4n) is 1.21. The molecule has 0 amide bonds. The Morgan fingerprint density at radius 1 is 1.23 bits per heavy atom. The maximum atomic E-state index is 5.78. The minimum atomic E-state index is -0.132. The maximum absolute atomic E-state index is 5.78. The third kappa shape index (κ3) is 1.89. The van der Waals surface area contributed by atoms with Crippen molar-refractivity contribution >= 4 is 0 Å². The molecule has 1 atom stereocenters. The van der Waals surface area contributed by atoms with Crippen molar-refractivity contribution in [1.29, 1.82) is 0 Å². The molecule has 72 valence electrons.